The number of nitrogens with two attached hydrogens (primary N) is 2. The molecule has 240 valence electrons. The van der Waals surface area contributed by atoms with E-state index in [4.69, 9.17) is 23.1 Å². The molecule has 2 atom stereocenters. The van der Waals surface area contributed by atoms with E-state index in [2.05, 4.69) is 49.5 Å². The van der Waals surface area contributed by atoms with E-state index >= 15 is 0 Å². The van der Waals surface area contributed by atoms with Gasteiger partial charge in [-0.05, 0) is 74.8 Å². The first-order valence-electron chi connectivity index (χ1n) is 15.8. The zero-order chi connectivity index (χ0) is 31.6. The third kappa shape index (κ3) is 7.60. The van der Waals surface area contributed by atoms with Gasteiger partial charge in [0.1, 0.15) is 17.1 Å². The third-order valence-electron chi connectivity index (χ3n) is 9.38. The number of benzene rings is 2. The number of nitrogens with one attached hydrogen (secondary N) is 2. The molecule has 3 aromatic rings. The van der Waals surface area contributed by atoms with E-state index in [1.165, 1.54) is 17.4 Å². The lowest BCUT2D eigenvalue weighted by molar-refractivity contribution is -0.127. The number of halogens is 1. The molecule has 7 N–H and O–H groups in total. The fourth-order valence-corrected chi connectivity index (χ4v) is 7.54. The van der Waals surface area contributed by atoms with Gasteiger partial charge in [0, 0.05) is 61.2 Å². The largest absolute Gasteiger partial charge is 0.384 e. The van der Waals surface area contributed by atoms with Gasteiger partial charge in [0.25, 0.3) is 0 Å². The number of nitrogens with zero attached hydrogens (tertiary/aromatic N) is 4. The van der Waals surface area contributed by atoms with Crippen LogP contribution in [-0.2, 0) is 4.79 Å². The zero-order valence-corrected chi connectivity index (χ0v) is 27.3. The van der Waals surface area contributed by atoms with E-state index in [0.29, 0.717) is 34.6 Å². The number of hydrogen-bond acceptors (Lipinski definition) is 10. The van der Waals surface area contributed by atoms with E-state index in [0.717, 1.165) is 80.4 Å². The Kier molecular flexibility index (Phi) is 9.60. The summed E-state index contributed by atoms with van der Waals surface area (Å²) in [6.45, 7) is 6.53. The van der Waals surface area contributed by atoms with Crippen LogP contribution in [0, 0.1) is 5.92 Å². The summed E-state index contributed by atoms with van der Waals surface area (Å²) in [5.74, 6) is 1.54. The van der Waals surface area contributed by atoms with Gasteiger partial charge in [-0.3, -0.25) is 4.79 Å². The molecule has 12 heteroatoms. The molecule has 0 bridgehead atoms. The van der Waals surface area contributed by atoms with Crippen LogP contribution in [0.25, 0.3) is 0 Å². The van der Waals surface area contributed by atoms with Gasteiger partial charge in [-0.15, -0.1) is 0 Å². The minimum Gasteiger partial charge on any atom is -0.384 e. The van der Waals surface area contributed by atoms with Gasteiger partial charge < -0.3 is 37.0 Å². The lowest BCUT2D eigenvalue weighted by Gasteiger charge is -2.37. The number of aliphatic hydroxyl groups excluding tert-OH is 1. The molecule has 45 heavy (non-hydrogen) atoms. The maximum atomic E-state index is 11.6. The fourth-order valence-electron chi connectivity index (χ4n) is 6.42. The molecule has 3 aliphatic heterocycles. The van der Waals surface area contributed by atoms with Crippen molar-refractivity contribution in [1.29, 1.82) is 0 Å². The maximum absolute atomic E-state index is 11.6. The SMILES string of the molecule is CC1(N)CCN(c2cnc(Sc3cccc(NCC4CCN(c5cccc(C6CCC(=O)NC6O)c5)CC4)c3Cl)c(N)n2)CC1. The monoisotopic (exact) mass is 650 g/mol. The number of carbonyl (C=O) groups excluding carboxylic acids is 1. The number of hydrogen-bond donors (Lipinski definition) is 5. The average Bonchev–Trinajstić information content (AvgIpc) is 3.03. The number of rotatable bonds is 8. The summed E-state index contributed by atoms with van der Waals surface area (Å²) in [6.07, 6.45) is 5.99. The van der Waals surface area contributed by atoms with Crippen LogP contribution in [0.4, 0.5) is 23.0 Å². The molecule has 3 fully saturated rings. The summed E-state index contributed by atoms with van der Waals surface area (Å²) in [7, 11) is 0. The molecule has 1 amide bonds. The minimum atomic E-state index is -0.832. The minimum absolute atomic E-state index is 0.0748. The Hall–Kier alpha value is -3.25. The molecule has 0 radical (unpaired) electrons. The van der Waals surface area contributed by atoms with E-state index < -0.39 is 6.23 Å². The molecule has 4 heterocycles. The van der Waals surface area contributed by atoms with Crippen LogP contribution in [-0.4, -0.2) is 65.5 Å². The first-order chi connectivity index (χ1) is 21.6. The lowest BCUT2D eigenvalue weighted by atomic mass is 9.89. The molecule has 3 saturated heterocycles. The summed E-state index contributed by atoms with van der Waals surface area (Å²) in [5.41, 5.74) is 15.6. The quantitative estimate of drug-likeness (QED) is 0.230. The summed E-state index contributed by atoms with van der Waals surface area (Å²) in [5, 5.41) is 17.9. The highest BCUT2D eigenvalue weighted by molar-refractivity contribution is 7.99. The maximum Gasteiger partial charge on any atom is 0.222 e. The average molecular weight is 651 g/mol. The number of aromatic nitrogens is 2. The number of carbonyl (C=O) groups is 1. The molecule has 2 unspecified atom stereocenters. The number of piperidine rings is 3. The van der Waals surface area contributed by atoms with Crippen molar-refractivity contribution < 1.29 is 9.90 Å². The van der Waals surface area contributed by atoms with Gasteiger partial charge in [-0.2, -0.15) is 0 Å². The Bertz CT molecular complexity index is 1510. The van der Waals surface area contributed by atoms with E-state index in [9.17, 15) is 9.90 Å². The van der Waals surface area contributed by atoms with Crippen molar-refractivity contribution in [3.05, 3.63) is 59.2 Å². The van der Waals surface area contributed by atoms with Gasteiger partial charge in [0.05, 0.1) is 16.9 Å². The summed E-state index contributed by atoms with van der Waals surface area (Å²) in [6, 6.07) is 14.4. The molecule has 10 nitrogen and oxygen atoms in total. The van der Waals surface area contributed by atoms with Crippen LogP contribution in [0.3, 0.4) is 0 Å². The van der Waals surface area contributed by atoms with Crippen molar-refractivity contribution in [2.45, 2.75) is 73.1 Å². The van der Waals surface area contributed by atoms with Crippen LogP contribution in [0.5, 0.6) is 0 Å². The highest BCUT2D eigenvalue weighted by Gasteiger charge is 2.29. The van der Waals surface area contributed by atoms with E-state index in [1.807, 2.05) is 30.3 Å². The predicted molar refractivity (Wildman–Crippen MR) is 182 cm³/mol. The molecule has 0 spiro atoms. The van der Waals surface area contributed by atoms with Crippen LogP contribution in [0.1, 0.15) is 56.9 Å². The molecule has 6 rings (SSSR count). The topological polar surface area (TPSA) is 146 Å². The second-order valence-corrected chi connectivity index (χ2v) is 14.3. The van der Waals surface area contributed by atoms with Crippen LogP contribution >= 0.6 is 23.4 Å². The Balaban J connectivity index is 1.02. The second-order valence-electron chi connectivity index (χ2n) is 12.8. The number of anilines is 4. The standard InChI is InChI=1S/C33H43ClN8O2S/c1-33(36)12-16-42(17-13-33)27-20-38-32(30(35)39-27)45-26-7-3-6-25(29(26)34)37-19-21-10-14-41(15-11-21)23-5-2-4-22(18-23)24-8-9-28(43)40-31(24)44/h2-7,18,20-21,24,31,37,44H,8-17,19,36H2,1H3,(H2,35,39)(H,40,43). The van der Waals surface area contributed by atoms with E-state index in [1.54, 1.807) is 6.20 Å². The van der Waals surface area contributed by atoms with Gasteiger partial charge in [0.2, 0.25) is 5.91 Å². The smallest absolute Gasteiger partial charge is 0.222 e. The second kappa shape index (κ2) is 13.6. The summed E-state index contributed by atoms with van der Waals surface area (Å²) < 4.78 is 0. The number of nitrogen functional groups attached to an aromatic ring is 1. The molecular weight excluding hydrogens is 608 g/mol. The van der Waals surface area contributed by atoms with Crippen molar-refractivity contribution in [2.24, 2.45) is 11.7 Å². The van der Waals surface area contributed by atoms with Crippen molar-refractivity contribution in [1.82, 2.24) is 15.3 Å². The molecule has 0 aliphatic carbocycles. The molecule has 1 aromatic heterocycles. The third-order valence-corrected chi connectivity index (χ3v) is 11.0. The molecular formula is C33H43ClN8O2S. The zero-order valence-electron chi connectivity index (χ0n) is 25.7. The van der Waals surface area contributed by atoms with Gasteiger partial charge in [-0.25, -0.2) is 9.97 Å². The predicted octanol–water partition coefficient (Wildman–Crippen LogP) is 4.82. The Morgan fingerprint density at radius 1 is 1.11 bits per heavy atom. The Morgan fingerprint density at radius 2 is 1.87 bits per heavy atom. The lowest BCUT2D eigenvalue weighted by Crippen LogP contribution is -2.48. The Morgan fingerprint density at radius 3 is 2.60 bits per heavy atom. The first kappa shape index (κ1) is 31.7. The molecule has 3 aliphatic rings. The van der Waals surface area contributed by atoms with Crippen LogP contribution in [0.15, 0.2) is 58.6 Å². The fraction of sp³-hybridized carbons (Fsp3) is 0.485. The van der Waals surface area contributed by atoms with Crippen molar-refractivity contribution in [2.75, 3.05) is 53.6 Å². The summed E-state index contributed by atoms with van der Waals surface area (Å²) >= 11 is 8.30. The van der Waals surface area contributed by atoms with E-state index in [-0.39, 0.29) is 17.4 Å². The van der Waals surface area contributed by atoms with Crippen molar-refractivity contribution >= 4 is 52.3 Å². The number of amides is 1. The molecule has 2 aromatic carbocycles. The van der Waals surface area contributed by atoms with Gasteiger partial charge >= 0.3 is 0 Å². The van der Waals surface area contributed by atoms with Crippen molar-refractivity contribution in [3.63, 3.8) is 0 Å². The number of aliphatic hydroxyl groups is 1. The Labute approximate surface area is 274 Å². The highest BCUT2D eigenvalue weighted by Crippen LogP contribution is 2.39. The van der Waals surface area contributed by atoms with Crippen LogP contribution < -0.4 is 31.9 Å². The van der Waals surface area contributed by atoms with Crippen molar-refractivity contribution in [3.8, 4) is 0 Å². The van der Waals surface area contributed by atoms with Gasteiger partial charge in [0.15, 0.2) is 5.82 Å². The highest BCUT2D eigenvalue weighted by atomic mass is 35.5. The van der Waals surface area contributed by atoms with Gasteiger partial charge in [-0.1, -0.05) is 41.6 Å². The first-order valence-corrected chi connectivity index (χ1v) is 17.0. The van der Waals surface area contributed by atoms with Crippen LogP contribution in [0.2, 0.25) is 5.02 Å². The normalized spacial score (nSPS) is 22.3. The summed E-state index contributed by atoms with van der Waals surface area (Å²) in [4.78, 5) is 26.4. The molecule has 0 saturated carbocycles.